The molecule has 0 saturated heterocycles. The highest BCUT2D eigenvalue weighted by Gasteiger charge is 2.28. The van der Waals surface area contributed by atoms with E-state index in [9.17, 15) is 33.8 Å². The van der Waals surface area contributed by atoms with Crippen LogP contribution >= 0.6 is 15.6 Å². The van der Waals surface area contributed by atoms with Gasteiger partial charge in [-0.15, -0.1) is 0 Å². The summed E-state index contributed by atoms with van der Waals surface area (Å²) in [6.07, 6.45) is 40.4. The average molecular weight is 889 g/mol. The number of aliphatic hydroxyl groups is 2. The molecule has 0 aromatic rings. The summed E-state index contributed by atoms with van der Waals surface area (Å²) < 4.78 is 47.6. The third-order valence-electron chi connectivity index (χ3n) is 8.37. The van der Waals surface area contributed by atoms with Crippen molar-refractivity contribution in [2.75, 3.05) is 26.4 Å². The van der Waals surface area contributed by atoms with Crippen LogP contribution in [0.2, 0.25) is 0 Å². The summed E-state index contributed by atoms with van der Waals surface area (Å²) in [5.41, 5.74) is 0. The Morgan fingerprint density at radius 3 is 1.83 bits per heavy atom. The van der Waals surface area contributed by atoms with Gasteiger partial charge < -0.3 is 34.4 Å². The van der Waals surface area contributed by atoms with E-state index >= 15 is 0 Å². The van der Waals surface area contributed by atoms with Gasteiger partial charge in [-0.1, -0.05) is 137 Å². The Labute approximate surface area is 359 Å². The fourth-order valence-corrected chi connectivity index (χ4v) is 6.26. The van der Waals surface area contributed by atoms with Gasteiger partial charge in [-0.25, -0.2) is 9.13 Å². The molecule has 0 aliphatic rings. The zero-order chi connectivity index (χ0) is 44.6. The molecule has 0 aromatic carbocycles. The number of ether oxygens (including phenoxy) is 2. The molecule has 0 saturated carbocycles. The predicted molar refractivity (Wildman–Crippen MR) is 236 cm³/mol. The van der Waals surface area contributed by atoms with Crippen LogP contribution in [0.15, 0.2) is 85.1 Å². The van der Waals surface area contributed by atoms with Crippen molar-refractivity contribution in [3.05, 3.63) is 85.1 Å². The molecule has 16 heteroatoms. The summed E-state index contributed by atoms with van der Waals surface area (Å²) in [6.45, 7) is 1.43. The van der Waals surface area contributed by atoms with Crippen molar-refractivity contribution in [1.82, 2.24) is 0 Å². The number of rotatable bonds is 39. The first kappa shape index (κ1) is 57.3. The van der Waals surface area contributed by atoms with Crippen LogP contribution in [0.4, 0.5) is 0 Å². The Morgan fingerprint density at radius 2 is 1.13 bits per heavy atom. The molecule has 0 aromatic heterocycles. The van der Waals surface area contributed by atoms with Gasteiger partial charge in [-0.3, -0.25) is 23.2 Å². The van der Waals surface area contributed by atoms with Crippen LogP contribution < -0.4 is 0 Å². The molecule has 0 amide bonds. The van der Waals surface area contributed by atoms with Crippen LogP contribution in [0.1, 0.15) is 136 Å². The van der Waals surface area contributed by atoms with Gasteiger partial charge in [0.1, 0.15) is 12.7 Å². The smallest absolute Gasteiger partial charge is 0.462 e. The lowest BCUT2D eigenvalue weighted by Gasteiger charge is -2.20. The van der Waals surface area contributed by atoms with E-state index < -0.39 is 72.3 Å². The fourth-order valence-electron chi connectivity index (χ4n) is 5.10. The number of aliphatic hydroxyl groups excluding tert-OH is 2. The first-order valence-corrected chi connectivity index (χ1v) is 24.4. The molecule has 0 spiro atoms. The number of esters is 2. The lowest BCUT2D eigenvalue weighted by atomic mass is 10.1. The number of phosphoric ester groups is 2. The Hall–Kier alpha value is -2.74. The highest BCUT2D eigenvalue weighted by atomic mass is 31.2. The lowest BCUT2D eigenvalue weighted by Crippen LogP contribution is -2.30. The molecule has 60 heavy (non-hydrogen) atoms. The fraction of sp³-hybridized carbons (Fsp3) is 0.636. The molecule has 5 N–H and O–H groups in total. The molecule has 0 heterocycles. The van der Waals surface area contributed by atoms with Crippen molar-refractivity contribution in [1.29, 1.82) is 0 Å². The second-order valence-electron chi connectivity index (χ2n) is 14.1. The largest absolute Gasteiger partial charge is 0.472 e. The SMILES string of the molecule is CC/C=C\C/C=C\CC(O)/C=C/C=C\C/C=C\CCCC(=O)OC[C@H](COP(=O)(O)OC[C@@H](O)COP(=O)(O)O)OC(=O)CCCCCCC/C=C\C=C/CCCCCC. The van der Waals surface area contributed by atoms with E-state index in [0.29, 0.717) is 32.1 Å². The van der Waals surface area contributed by atoms with Crippen molar-refractivity contribution >= 4 is 27.6 Å². The van der Waals surface area contributed by atoms with Crippen LogP contribution in [-0.2, 0) is 41.8 Å². The molecule has 14 nitrogen and oxygen atoms in total. The zero-order valence-electron chi connectivity index (χ0n) is 35.9. The van der Waals surface area contributed by atoms with E-state index in [1.807, 2.05) is 36.5 Å². The summed E-state index contributed by atoms with van der Waals surface area (Å²) in [7, 11) is -9.72. The molecule has 0 rings (SSSR count). The summed E-state index contributed by atoms with van der Waals surface area (Å²) in [4.78, 5) is 52.6. The molecule has 4 atom stereocenters. The molecule has 0 bridgehead atoms. The summed E-state index contributed by atoms with van der Waals surface area (Å²) >= 11 is 0. The van der Waals surface area contributed by atoms with Gasteiger partial charge in [0.25, 0.3) is 0 Å². The van der Waals surface area contributed by atoms with E-state index in [2.05, 4.69) is 59.4 Å². The molecule has 344 valence electrons. The number of carbonyl (C=O) groups is 2. The maximum absolute atomic E-state index is 12.6. The van der Waals surface area contributed by atoms with Crippen molar-refractivity contribution in [3.8, 4) is 0 Å². The van der Waals surface area contributed by atoms with Crippen molar-refractivity contribution < 1.29 is 66.7 Å². The van der Waals surface area contributed by atoms with Crippen LogP contribution in [0.25, 0.3) is 0 Å². The predicted octanol–water partition coefficient (Wildman–Crippen LogP) is 9.75. The van der Waals surface area contributed by atoms with Gasteiger partial charge in [-0.2, -0.15) is 0 Å². The number of hydrogen-bond donors (Lipinski definition) is 5. The van der Waals surface area contributed by atoms with Gasteiger partial charge in [0.15, 0.2) is 6.10 Å². The summed E-state index contributed by atoms with van der Waals surface area (Å²) in [5, 5.41) is 19.7. The van der Waals surface area contributed by atoms with Crippen LogP contribution in [0, 0.1) is 0 Å². The van der Waals surface area contributed by atoms with Crippen LogP contribution in [0.3, 0.4) is 0 Å². The Kier molecular flexibility index (Phi) is 37.3. The first-order chi connectivity index (χ1) is 28.8. The van der Waals surface area contributed by atoms with Crippen molar-refractivity contribution in [2.45, 2.75) is 154 Å². The summed E-state index contributed by atoms with van der Waals surface area (Å²) in [5.74, 6) is -1.16. The van der Waals surface area contributed by atoms with Crippen LogP contribution in [0.5, 0.6) is 0 Å². The maximum atomic E-state index is 12.6. The Morgan fingerprint density at radius 1 is 0.567 bits per heavy atom. The molecule has 2 unspecified atom stereocenters. The molecular weight excluding hydrogens is 814 g/mol. The number of carbonyl (C=O) groups excluding carboxylic acids is 2. The number of hydrogen-bond acceptors (Lipinski definition) is 11. The van der Waals surface area contributed by atoms with Gasteiger partial charge >= 0.3 is 27.6 Å². The van der Waals surface area contributed by atoms with Gasteiger partial charge in [0.05, 0.1) is 25.9 Å². The maximum Gasteiger partial charge on any atom is 0.472 e. The zero-order valence-corrected chi connectivity index (χ0v) is 37.7. The lowest BCUT2D eigenvalue weighted by molar-refractivity contribution is -0.161. The normalized spacial score (nSPS) is 15.4. The van der Waals surface area contributed by atoms with E-state index in [0.717, 1.165) is 51.4 Å². The molecular formula is C44H74O14P2. The van der Waals surface area contributed by atoms with E-state index in [4.69, 9.17) is 23.8 Å². The summed E-state index contributed by atoms with van der Waals surface area (Å²) in [6, 6.07) is 0. The number of unbranched alkanes of at least 4 members (excludes halogenated alkanes) is 10. The van der Waals surface area contributed by atoms with E-state index in [1.165, 1.54) is 25.7 Å². The van der Waals surface area contributed by atoms with Gasteiger partial charge in [0.2, 0.25) is 0 Å². The third kappa shape index (κ3) is 42.0. The van der Waals surface area contributed by atoms with Crippen molar-refractivity contribution in [3.63, 3.8) is 0 Å². The minimum absolute atomic E-state index is 0.0768. The average Bonchev–Trinajstić information content (AvgIpc) is 3.20. The number of phosphoric acid groups is 2. The minimum atomic E-state index is -4.88. The highest BCUT2D eigenvalue weighted by molar-refractivity contribution is 7.47. The second kappa shape index (κ2) is 39.1. The third-order valence-corrected chi connectivity index (χ3v) is 9.80. The van der Waals surface area contributed by atoms with E-state index in [-0.39, 0.29) is 12.8 Å². The van der Waals surface area contributed by atoms with Crippen molar-refractivity contribution in [2.24, 2.45) is 0 Å². The quantitative estimate of drug-likeness (QED) is 0.0128. The standard InChI is InChI=1S/C44H74O14P2/c1-3-5-7-9-11-12-13-14-15-16-17-18-23-27-31-35-44(48)58-42(39-57-60(52,53)56-37-41(46)36-55-59(49,50)51)38-54-43(47)34-30-26-22-20-19-21-25-29-33-40(45)32-28-24-10-8-6-4-2/h6,8,12-15,20-22,24-25,28-29,33,40-42,45-46H,3-5,7,9-11,16-19,23,26-27,30-32,34-39H2,1-2H3,(H,52,53)(H2,49,50,51)/b8-6-,13-12-,15-14-,22-20-,25-21-,28-24-,33-29+/t40?,41-,42+/m0/s1. The monoisotopic (exact) mass is 888 g/mol. The topological polar surface area (TPSA) is 216 Å². The van der Waals surface area contributed by atoms with Crippen LogP contribution in [-0.4, -0.2) is 81.6 Å². The molecule has 0 aliphatic heterocycles. The first-order valence-electron chi connectivity index (χ1n) is 21.4. The Bertz CT molecular complexity index is 1400. The van der Waals surface area contributed by atoms with E-state index in [1.54, 1.807) is 12.2 Å². The highest BCUT2D eigenvalue weighted by Crippen LogP contribution is 2.43. The van der Waals surface area contributed by atoms with Gasteiger partial charge in [-0.05, 0) is 70.6 Å². The minimum Gasteiger partial charge on any atom is -0.462 e. The molecule has 0 aliphatic carbocycles. The molecule has 0 fully saturated rings. The second-order valence-corrected chi connectivity index (χ2v) is 16.8. The Balaban J connectivity index is 4.72. The molecule has 0 radical (unpaired) electrons. The van der Waals surface area contributed by atoms with Gasteiger partial charge in [0, 0.05) is 12.8 Å². The number of allylic oxidation sites excluding steroid dienone is 12.